The molecule has 5 nitrogen and oxygen atoms in total. The summed E-state index contributed by atoms with van der Waals surface area (Å²) >= 11 is 6.09. The van der Waals surface area contributed by atoms with Crippen LogP contribution in [0.5, 0.6) is 0 Å². The largest absolute Gasteiger partial charge is 0.368 e. The number of carbonyl (C=O) groups excluding carboxylic acids is 1. The predicted octanol–water partition coefficient (Wildman–Crippen LogP) is 1.34. The van der Waals surface area contributed by atoms with Crippen molar-refractivity contribution in [2.24, 2.45) is 5.73 Å². The lowest BCUT2D eigenvalue weighted by Crippen LogP contribution is -2.52. The maximum absolute atomic E-state index is 13.5. The molecule has 0 aromatic heterocycles. The Labute approximate surface area is 134 Å². The lowest BCUT2D eigenvalue weighted by molar-refractivity contribution is -0.123. The topological polar surface area (TPSA) is 73.4 Å². The van der Waals surface area contributed by atoms with Crippen molar-refractivity contribution < 1.29 is 9.18 Å². The number of hydrogen-bond donors (Lipinski definition) is 1. The molecule has 0 bridgehead atoms. The molecule has 1 atom stereocenters. The van der Waals surface area contributed by atoms with Gasteiger partial charge in [-0.2, -0.15) is 5.26 Å². The standard InChI is InChI=1S/C15H18ClFN4O/c1-10(15(19)22)21-6-4-20(5-7-21)9-11-2-3-13(17)12(8-18)14(11)16/h2-3,10H,4-7,9H2,1H3,(H2,19,22)/t10-/m1/s1. The lowest BCUT2D eigenvalue weighted by Gasteiger charge is -2.37. The summed E-state index contributed by atoms with van der Waals surface area (Å²) in [7, 11) is 0. The Bertz CT molecular complexity index is 608. The minimum Gasteiger partial charge on any atom is -0.368 e. The van der Waals surface area contributed by atoms with Gasteiger partial charge in [0.1, 0.15) is 17.4 Å². The normalized spacial score (nSPS) is 17.9. The van der Waals surface area contributed by atoms with Gasteiger partial charge in [-0.15, -0.1) is 0 Å². The molecule has 22 heavy (non-hydrogen) atoms. The van der Waals surface area contributed by atoms with Crippen LogP contribution in [0, 0.1) is 17.1 Å². The molecule has 118 valence electrons. The first kappa shape index (κ1) is 16.7. The molecule has 0 saturated carbocycles. The zero-order valence-electron chi connectivity index (χ0n) is 12.4. The van der Waals surface area contributed by atoms with E-state index in [1.807, 2.05) is 4.90 Å². The number of nitrogens with zero attached hydrogens (tertiary/aromatic N) is 3. The molecular weight excluding hydrogens is 307 g/mol. The first-order valence-electron chi connectivity index (χ1n) is 7.06. The van der Waals surface area contributed by atoms with Crippen molar-refractivity contribution >= 4 is 17.5 Å². The zero-order valence-corrected chi connectivity index (χ0v) is 13.1. The second-order valence-electron chi connectivity index (χ2n) is 5.40. The quantitative estimate of drug-likeness (QED) is 0.907. The molecule has 1 fully saturated rings. The molecule has 1 amide bonds. The second kappa shape index (κ2) is 7.05. The molecule has 1 saturated heterocycles. The van der Waals surface area contributed by atoms with Gasteiger partial charge in [0.05, 0.1) is 11.1 Å². The molecule has 0 spiro atoms. The SMILES string of the molecule is C[C@H](C(N)=O)N1CCN(Cc2ccc(F)c(C#N)c2Cl)CC1. The van der Waals surface area contributed by atoms with E-state index in [-0.39, 0.29) is 22.5 Å². The first-order chi connectivity index (χ1) is 10.4. The van der Waals surface area contributed by atoms with Crippen LogP contribution in [0.2, 0.25) is 5.02 Å². The van der Waals surface area contributed by atoms with E-state index >= 15 is 0 Å². The summed E-state index contributed by atoms with van der Waals surface area (Å²) in [4.78, 5) is 15.4. The average molecular weight is 325 g/mol. The molecule has 0 unspecified atom stereocenters. The van der Waals surface area contributed by atoms with Crippen molar-refractivity contribution in [1.29, 1.82) is 5.26 Å². The van der Waals surface area contributed by atoms with E-state index in [0.29, 0.717) is 6.54 Å². The van der Waals surface area contributed by atoms with Crippen LogP contribution in [0.3, 0.4) is 0 Å². The van der Waals surface area contributed by atoms with Gasteiger partial charge in [-0.05, 0) is 18.6 Å². The number of hydrogen-bond acceptors (Lipinski definition) is 4. The number of rotatable bonds is 4. The highest BCUT2D eigenvalue weighted by molar-refractivity contribution is 6.32. The fourth-order valence-electron chi connectivity index (χ4n) is 2.55. The second-order valence-corrected chi connectivity index (χ2v) is 5.78. The van der Waals surface area contributed by atoms with Gasteiger partial charge in [-0.1, -0.05) is 17.7 Å². The first-order valence-corrected chi connectivity index (χ1v) is 7.44. The highest BCUT2D eigenvalue weighted by Crippen LogP contribution is 2.25. The van der Waals surface area contributed by atoms with Crippen LogP contribution >= 0.6 is 11.6 Å². The maximum Gasteiger partial charge on any atom is 0.234 e. The Morgan fingerprint density at radius 3 is 2.64 bits per heavy atom. The summed E-state index contributed by atoms with van der Waals surface area (Å²) in [6, 6.07) is 4.39. The summed E-state index contributed by atoms with van der Waals surface area (Å²) < 4.78 is 13.5. The molecule has 1 aromatic rings. The van der Waals surface area contributed by atoms with Crippen molar-refractivity contribution in [1.82, 2.24) is 9.80 Å². The zero-order chi connectivity index (χ0) is 16.3. The van der Waals surface area contributed by atoms with Gasteiger partial charge < -0.3 is 5.73 Å². The summed E-state index contributed by atoms with van der Waals surface area (Å²) in [5, 5.41) is 9.12. The van der Waals surface area contributed by atoms with Crippen LogP contribution in [0.1, 0.15) is 18.1 Å². The van der Waals surface area contributed by atoms with E-state index in [1.165, 1.54) is 6.07 Å². The molecule has 0 radical (unpaired) electrons. The van der Waals surface area contributed by atoms with Crippen molar-refractivity contribution in [3.8, 4) is 6.07 Å². The molecule has 0 aliphatic carbocycles. The fourth-order valence-corrected chi connectivity index (χ4v) is 2.81. The van der Waals surface area contributed by atoms with Crippen LogP contribution < -0.4 is 5.73 Å². The molecule has 7 heteroatoms. The number of amides is 1. The van der Waals surface area contributed by atoms with Gasteiger partial charge in [-0.25, -0.2) is 4.39 Å². The van der Waals surface area contributed by atoms with Gasteiger partial charge in [-0.3, -0.25) is 14.6 Å². The Balaban J connectivity index is 2.00. The van der Waals surface area contributed by atoms with E-state index in [0.717, 1.165) is 31.7 Å². The molecule has 1 aliphatic heterocycles. The fraction of sp³-hybridized carbons (Fsp3) is 0.467. The molecule has 2 rings (SSSR count). The lowest BCUT2D eigenvalue weighted by atomic mass is 10.1. The Hall–Kier alpha value is -1.68. The molecule has 2 N–H and O–H groups in total. The third kappa shape index (κ3) is 3.55. The number of primary amides is 1. The van der Waals surface area contributed by atoms with Gasteiger partial charge in [0.2, 0.25) is 5.91 Å². The Morgan fingerprint density at radius 2 is 2.09 bits per heavy atom. The van der Waals surface area contributed by atoms with Crippen LogP contribution in [-0.2, 0) is 11.3 Å². The number of nitriles is 1. The monoisotopic (exact) mass is 324 g/mol. The van der Waals surface area contributed by atoms with Crippen LogP contribution in [-0.4, -0.2) is 47.9 Å². The van der Waals surface area contributed by atoms with Crippen LogP contribution in [0.15, 0.2) is 12.1 Å². The number of nitrogens with two attached hydrogens (primary N) is 1. The minimum atomic E-state index is -0.601. The van der Waals surface area contributed by atoms with E-state index < -0.39 is 5.82 Å². The highest BCUT2D eigenvalue weighted by Gasteiger charge is 2.24. The van der Waals surface area contributed by atoms with Crippen LogP contribution in [0.4, 0.5) is 4.39 Å². The van der Waals surface area contributed by atoms with E-state index in [1.54, 1.807) is 19.1 Å². The van der Waals surface area contributed by atoms with Crippen LogP contribution in [0.25, 0.3) is 0 Å². The Kier molecular flexibility index (Phi) is 5.35. The molecule has 1 heterocycles. The molecular formula is C15H18ClFN4O. The van der Waals surface area contributed by atoms with Crippen molar-refractivity contribution in [2.75, 3.05) is 26.2 Å². The smallest absolute Gasteiger partial charge is 0.234 e. The van der Waals surface area contributed by atoms with Gasteiger partial charge >= 0.3 is 0 Å². The third-order valence-corrected chi connectivity index (χ3v) is 4.47. The maximum atomic E-state index is 13.5. The van der Waals surface area contributed by atoms with Gasteiger partial charge in [0, 0.05) is 32.7 Å². The van der Waals surface area contributed by atoms with Crippen molar-refractivity contribution in [2.45, 2.75) is 19.5 Å². The Morgan fingerprint density at radius 1 is 1.45 bits per heavy atom. The van der Waals surface area contributed by atoms with Crippen molar-refractivity contribution in [3.05, 3.63) is 34.1 Å². The number of carbonyl (C=O) groups is 1. The number of benzene rings is 1. The predicted molar refractivity (Wildman–Crippen MR) is 81.6 cm³/mol. The molecule has 1 aliphatic rings. The third-order valence-electron chi connectivity index (χ3n) is 4.04. The highest BCUT2D eigenvalue weighted by atomic mass is 35.5. The van der Waals surface area contributed by atoms with Crippen molar-refractivity contribution in [3.63, 3.8) is 0 Å². The van der Waals surface area contributed by atoms with E-state index in [2.05, 4.69) is 4.90 Å². The minimum absolute atomic E-state index is 0.111. The summed E-state index contributed by atoms with van der Waals surface area (Å²) in [6.07, 6.45) is 0. The van der Waals surface area contributed by atoms with E-state index in [4.69, 9.17) is 22.6 Å². The summed E-state index contributed by atoms with van der Waals surface area (Å²) in [6.45, 7) is 5.32. The van der Waals surface area contributed by atoms with Gasteiger partial charge in [0.25, 0.3) is 0 Å². The average Bonchev–Trinajstić information content (AvgIpc) is 2.50. The van der Waals surface area contributed by atoms with Gasteiger partial charge in [0.15, 0.2) is 0 Å². The van der Waals surface area contributed by atoms with E-state index in [9.17, 15) is 9.18 Å². The summed E-state index contributed by atoms with van der Waals surface area (Å²) in [5.74, 6) is -0.926. The summed E-state index contributed by atoms with van der Waals surface area (Å²) in [5.41, 5.74) is 5.93. The number of piperazine rings is 1. The molecule has 1 aromatic carbocycles. The number of halogens is 2.